The molecular weight excluding hydrogens is 260 g/mol. The first-order valence-corrected chi connectivity index (χ1v) is 7.60. The van der Waals surface area contributed by atoms with Gasteiger partial charge in [-0.25, -0.2) is 0 Å². The molecule has 1 aromatic heterocycles. The minimum Gasteiger partial charge on any atom is -0.304 e. The van der Waals surface area contributed by atoms with Gasteiger partial charge in [-0.1, -0.05) is 18.5 Å². The molecule has 0 N–H and O–H groups in total. The Morgan fingerprint density at radius 2 is 2.16 bits per heavy atom. The fraction of sp³-hybridized carbons (Fsp3) is 0.786. The average Bonchev–Trinajstić information content (AvgIpc) is 2.98. The fourth-order valence-electron chi connectivity index (χ4n) is 2.82. The summed E-state index contributed by atoms with van der Waals surface area (Å²) in [5, 5.41) is 4.91. The Labute approximate surface area is 121 Å². The topological polar surface area (TPSA) is 24.3 Å². The van der Waals surface area contributed by atoms with E-state index in [1.807, 2.05) is 10.9 Å². The maximum Gasteiger partial charge on any atom is 0.0785 e. The molecule has 1 atom stereocenters. The molecule has 1 aliphatic heterocycles. The first-order chi connectivity index (χ1) is 9.13. The monoisotopic (exact) mass is 284 g/mol. The van der Waals surface area contributed by atoms with Crippen molar-refractivity contribution in [2.75, 3.05) is 39.8 Å². The summed E-state index contributed by atoms with van der Waals surface area (Å²) in [4.78, 5) is 4.97. The third-order valence-electron chi connectivity index (χ3n) is 3.70. The Kier molecular flexibility index (Phi) is 5.67. The zero-order valence-electron chi connectivity index (χ0n) is 12.1. The van der Waals surface area contributed by atoms with Crippen molar-refractivity contribution in [1.82, 2.24) is 19.6 Å². The van der Waals surface area contributed by atoms with E-state index in [0.29, 0.717) is 5.02 Å². The van der Waals surface area contributed by atoms with Crippen LogP contribution in [0.25, 0.3) is 0 Å². The number of aromatic nitrogens is 2. The molecule has 2 heterocycles. The summed E-state index contributed by atoms with van der Waals surface area (Å²) in [6.07, 6.45) is 6.33. The molecule has 1 fully saturated rings. The second-order valence-corrected chi connectivity index (χ2v) is 6.23. The number of halogens is 1. The van der Waals surface area contributed by atoms with Gasteiger partial charge in [0.1, 0.15) is 0 Å². The van der Waals surface area contributed by atoms with Crippen molar-refractivity contribution in [2.24, 2.45) is 5.92 Å². The van der Waals surface area contributed by atoms with Crippen molar-refractivity contribution in [3.63, 3.8) is 0 Å². The lowest BCUT2D eigenvalue weighted by atomic mass is 10.1. The molecule has 0 radical (unpaired) electrons. The minimum absolute atomic E-state index is 0.713. The molecule has 0 saturated carbocycles. The van der Waals surface area contributed by atoms with Crippen LogP contribution in [0.2, 0.25) is 5.02 Å². The standard InChI is InChI=1S/C14H25ClN4/c1-13(11-18-5-3-4-6-18)10-17(2)7-8-19-12-14(15)9-16-19/h9,12-13H,3-8,10-11H2,1-2H3. The Balaban J connectivity index is 1.64. The number of hydrogen-bond donors (Lipinski definition) is 0. The highest BCUT2D eigenvalue weighted by Crippen LogP contribution is 2.11. The molecule has 1 unspecified atom stereocenters. The first-order valence-electron chi connectivity index (χ1n) is 7.22. The van der Waals surface area contributed by atoms with Gasteiger partial charge in [-0.15, -0.1) is 0 Å². The molecule has 0 amide bonds. The lowest BCUT2D eigenvalue weighted by Gasteiger charge is -2.25. The Morgan fingerprint density at radius 1 is 1.42 bits per heavy atom. The van der Waals surface area contributed by atoms with Gasteiger partial charge in [-0.3, -0.25) is 4.68 Å². The zero-order valence-corrected chi connectivity index (χ0v) is 12.8. The predicted octanol–water partition coefficient (Wildman–Crippen LogP) is 2.20. The van der Waals surface area contributed by atoms with Gasteiger partial charge in [0, 0.05) is 25.8 Å². The molecule has 0 aliphatic carbocycles. The zero-order chi connectivity index (χ0) is 13.7. The highest BCUT2D eigenvalue weighted by molar-refractivity contribution is 6.30. The van der Waals surface area contributed by atoms with E-state index < -0.39 is 0 Å². The molecule has 108 valence electrons. The second kappa shape index (κ2) is 7.27. The van der Waals surface area contributed by atoms with E-state index in [-0.39, 0.29) is 0 Å². The van der Waals surface area contributed by atoms with Gasteiger partial charge in [0.25, 0.3) is 0 Å². The van der Waals surface area contributed by atoms with E-state index in [2.05, 4.69) is 28.9 Å². The van der Waals surface area contributed by atoms with Crippen molar-refractivity contribution < 1.29 is 0 Å². The van der Waals surface area contributed by atoms with Crippen LogP contribution in [0, 0.1) is 5.92 Å². The summed E-state index contributed by atoms with van der Waals surface area (Å²) >= 11 is 5.85. The average molecular weight is 285 g/mol. The highest BCUT2D eigenvalue weighted by Gasteiger charge is 2.15. The SMILES string of the molecule is CC(CN(C)CCn1cc(Cl)cn1)CN1CCCC1. The molecule has 0 aromatic carbocycles. The van der Waals surface area contributed by atoms with Crippen molar-refractivity contribution in [3.8, 4) is 0 Å². The molecular formula is C14H25ClN4. The number of rotatable bonds is 7. The second-order valence-electron chi connectivity index (χ2n) is 5.80. The van der Waals surface area contributed by atoms with Crippen LogP contribution < -0.4 is 0 Å². The van der Waals surface area contributed by atoms with Crippen LogP contribution >= 0.6 is 11.6 Å². The van der Waals surface area contributed by atoms with E-state index in [9.17, 15) is 0 Å². The molecule has 5 heteroatoms. The van der Waals surface area contributed by atoms with Crippen LogP contribution in [0.1, 0.15) is 19.8 Å². The number of likely N-dealkylation sites (N-methyl/N-ethyl adjacent to an activating group) is 1. The molecule has 0 spiro atoms. The molecule has 19 heavy (non-hydrogen) atoms. The van der Waals surface area contributed by atoms with Gasteiger partial charge < -0.3 is 9.80 Å². The summed E-state index contributed by atoms with van der Waals surface area (Å²) in [6, 6.07) is 0. The van der Waals surface area contributed by atoms with E-state index in [4.69, 9.17) is 11.6 Å². The Morgan fingerprint density at radius 3 is 2.79 bits per heavy atom. The number of nitrogens with zero attached hydrogens (tertiary/aromatic N) is 4. The molecule has 0 bridgehead atoms. The molecule has 2 rings (SSSR count). The van der Waals surface area contributed by atoms with Crippen LogP contribution in [0.5, 0.6) is 0 Å². The molecule has 1 aromatic rings. The van der Waals surface area contributed by atoms with Gasteiger partial charge >= 0.3 is 0 Å². The van der Waals surface area contributed by atoms with Gasteiger partial charge in [0.05, 0.1) is 17.8 Å². The summed E-state index contributed by atoms with van der Waals surface area (Å²) in [7, 11) is 2.19. The van der Waals surface area contributed by atoms with E-state index in [1.54, 1.807) is 6.20 Å². The van der Waals surface area contributed by atoms with Gasteiger partial charge in [0.15, 0.2) is 0 Å². The van der Waals surface area contributed by atoms with Crippen LogP contribution in [0.15, 0.2) is 12.4 Å². The molecule has 1 saturated heterocycles. The van der Waals surface area contributed by atoms with E-state index in [1.165, 1.54) is 32.5 Å². The highest BCUT2D eigenvalue weighted by atomic mass is 35.5. The van der Waals surface area contributed by atoms with Gasteiger partial charge in [-0.05, 0) is 38.9 Å². The molecule has 1 aliphatic rings. The first kappa shape index (κ1) is 14.8. The Hall–Kier alpha value is -0.580. The van der Waals surface area contributed by atoms with E-state index in [0.717, 1.165) is 25.6 Å². The maximum absolute atomic E-state index is 5.85. The van der Waals surface area contributed by atoms with Gasteiger partial charge in [0.2, 0.25) is 0 Å². The number of likely N-dealkylation sites (tertiary alicyclic amines) is 1. The normalized spacial score (nSPS) is 18.3. The van der Waals surface area contributed by atoms with Crippen LogP contribution in [-0.2, 0) is 6.54 Å². The van der Waals surface area contributed by atoms with Crippen molar-refractivity contribution in [1.29, 1.82) is 0 Å². The quantitative estimate of drug-likeness (QED) is 0.767. The van der Waals surface area contributed by atoms with Crippen LogP contribution in [0.4, 0.5) is 0 Å². The largest absolute Gasteiger partial charge is 0.304 e. The third-order valence-corrected chi connectivity index (χ3v) is 3.90. The summed E-state index contributed by atoms with van der Waals surface area (Å²) in [5.41, 5.74) is 0. The van der Waals surface area contributed by atoms with Crippen LogP contribution in [-0.4, -0.2) is 59.4 Å². The third kappa shape index (κ3) is 5.13. The summed E-state index contributed by atoms with van der Waals surface area (Å²) in [6.45, 7) is 9.23. The van der Waals surface area contributed by atoms with Crippen molar-refractivity contribution in [2.45, 2.75) is 26.3 Å². The lowest BCUT2D eigenvalue weighted by Crippen LogP contribution is -2.34. The predicted molar refractivity (Wildman–Crippen MR) is 79.6 cm³/mol. The van der Waals surface area contributed by atoms with E-state index >= 15 is 0 Å². The number of hydrogen-bond acceptors (Lipinski definition) is 3. The van der Waals surface area contributed by atoms with Crippen LogP contribution in [0.3, 0.4) is 0 Å². The lowest BCUT2D eigenvalue weighted by molar-refractivity contribution is 0.220. The molecule has 4 nitrogen and oxygen atoms in total. The summed E-state index contributed by atoms with van der Waals surface area (Å²) in [5.74, 6) is 0.726. The van der Waals surface area contributed by atoms with Crippen molar-refractivity contribution in [3.05, 3.63) is 17.4 Å². The maximum atomic E-state index is 5.85. The Bertz CT molecular complexity index is 373. The van der Waals surface area contributed by atoms with Crippen molar-refractivity contribution >= 4 is 11.6 Å². The fourth-order valence-corrected chi connectivity index (χ4v) is 2.98. The smallest absolute Gasteiger partial charge is 0.0785 e. The summed E-state index contributed by atoms with van der Waals surface area (Å²) < 4.78 is 1.91. The minimum atomic E-state index is 0.713. The van der Waals surface area contributed by atoms with Gasteiger partial charge in [-0.2, -0.15) is 5.10 Å².